The Hall–Kier alpha value is -2.63. The predicted molar refractivity (Wildman–Crippen MR) is 236 cm³/mol. The van der Waals surface area contributed by atoms with Crippen molar-refractivity contribution in [3.8, 4) is 0 Å². The molecule has 0 saturated carbocycles. The van der Waals surface area contributed by atoms with Crippen molar-refractivity contribution in [3.05, 3.63) is 72.9 Å². The van der Waals surface area contributed by atoms with Crippen molar-refractivity contribution >= 4 is 19.8 Å². The Kier molecular flexibility index (Phi) is 35.7. The molecule has 0 rings (SSSR count). The van der Waals surface area contributed by atoms with E-state index in [0.29, 0.717) is 17.4 Å². The fourth-order valence-electron chi connectivity index (χ4n) is 5.36. The van der Waals surface area contributed by atoms with Gasteiger partial charge in [-0.2, -0.15) is 0 Å². The van der Waals surface area contributed by atoms with Gasteiger partial charge in [-0.25, -0.2) is 4.57 Å². The summed E-state index contributed by atoms with van der Waals surface area (Å²) in [6, 6.07) is 0. The topological polar surface area (TPSA) is 149 Å². The maximum absolute atomic E-state index is 12.7. The van der Waals surface area contributed by atoms with Gasteiger partial charge in [0.2, 0.25) is 0 Å². The number of phosphoric ester groups is 1. The van der Waals surface area contributed by atoms with Gasteiger partial charge in [-0.15, -0.1) is 0 Å². The number of ether oxygens (including phenoxy) is 2. The Balaban J connectivity index is 4.66. The van der Waals surface area contributed by atoms with Crippen LogP contribution < -0.4 is 0 Å². The highest BCUT2D eigenvalue weighted by Gasteiger charge is 2.27. The summed E-state index contributed by atoms with van der Waals surface area (Å²) in [6.45, 7) is 3.89. The third kappa shape index (κ3) is 38.9. The van der Waals surface area contributed by atoms with Crippen LogP contribution in [-0.4, -0.2) is 97.3 Å². The molecule has 0 aromatic rings. The van der Waals surface area contributed by atoms with Crippen molar-refractivity contribution in [2.24, 2.45) is 0 Å². The van der Waals surface area contributed by atoms with Crippen LogP contribution in [0.4, 0.5) is 0 Å². The van der Waals surface area contributed by atoms with Crippen molar-refractivity contribution in [2.75, 3.05) is 47.5 Å². The Morgan fingerprint density at radius 3 is 1.76 bits per heavy atom. The summed E-state index contributed by atoms with van der Waals surface area (Å²) in [7, 11) is 1.28. The molecule has 0 saturated heterocycles. The lowest BCUT2D eigenvalue weighted by atomic mass is 10.0. The van der Waals surface area contributed by atoms with Crippen LogP contribution in [0.2, 0.25) is 0 Å². The largest absolute Gasteiger partial charge is 0.472 e. The zero-order valence-electron chi connectivity index (χ0n) is 36.7. The molecule has 0 heterocycles. The van der Waals surface area contributed by atoms with Crippen molar-refractivity contribution in [2.45, 2.75) is 161 Å². The van der Waals surface area contributed by atoms with Crippen LogP contribution in [0.15, 0.2) is 72.9 Å². The molecule has 334 valence electrons. The lowest BCUT2D eigenvalue weighted by molar-refractivity contribution is -0.870. The summed E-state index contributed by atoms with van der Waals surface area (Å²) >= 11 is 0. The van der Waals surface area contributed by atoms with Gasteiger partial charge < -0.3 is 29.1 Å². The maximum atomic E-state index is 12.7. The second-order valence-electron chi connectivity index (χ2n) is 15.7. The molecule has 0 aliphatic heterocycles. The van der Waals surface area contributed by atoms with E-state index in [1.54, 1.807) is 0 Å². The molecule has 0 aromatic carbocycles. The van der Waals surface area contributed by atoms with Crippen LogP contribution in [0, 0.1) is 0 Å². The first-order valence-corrected chi connectivity index (χ1v) is 23.3. The zero-order valence-corrected chi connectivity index (χ0v) is 37.6. The standard InChI is InChI=1S/C46H80NO10P/c1-6-8-10-12-14-16-18-20-21-22-24-26-28-30-32-36-45(50)54-40-42(41-56-58(52,53)55-39-38-47(3,4)5)57-46(51)37-33-35-44(49)43(48)34-31-29-27-25-23-19-17-15-13-11-9-7-2/h8,10,14-17,20-21,23,25,29,31,42-44,48-49H,6-7,9,11-13,18-19,22,24,26-28,30,32-41H2,1-5H3/p+1/b10-8-,16-14-,17-15-,21-20-,25-23-,31-29-/t42-,43?,44?/m1/s1. The minimum absolute atomic E-state index is 0.0272. The van der Waals surface area contributed by atoms with Crippen molar-refractivity contribution in [1.82, 2.24) is 0 Å². The average molecular weight is 839 g/mol. The third-order valence-electron chi connectivity index (χ3n) is 8.92. The van der Waals surface area contributed by atoms with Gasteiger partial charge in [0.05, 0.1) is 40.0 Å². The fraction of sp³-hybridized carbons (Fsp3) is 0.696. The number of esters is 2. The number of allylic oxidation sites excluding steroid dienone is 11. The summed E-state index contributed by atoms with van der Waals surface area (Å²) in [5, 5.41) is 20.8. The Bertz CT molecular complexity index is 1250. The molecule has 0 radical (unpaired) electrons. The first-order chi connectivity index (χ1) is 27.8. The molecular weight excluding hydrogens is 757 g/mol. The number of carbonyl (C=O) groups excluding carboxylic acids is 2. The minimum Gasteiger partial charge on any atom is -0.462 e. The van der Waals surface area contributed by atoms with E-state index in [2.05, 4.69) is 74.6 Å². The predicted octanol–water partition coefficient (Wildman–Crippen LogP) is 10.2. The molecule has 0 fully saturated rings. The van der Waals surface area contributed by atoms with Crippen LogP contribution in [0.5, 0.6) is 0 Å². The van der Waals surface area contributed by atoms with Gasteiger partial charge in [0.15, 0.2) is 6.10 Å². The number of likely N-dealkylation sites (N-methyl/N-ethyl adjacent to an activating group) is 1. The van der Waals surface area contributed by atoms with Gasteiger partial charge in [-0.05, 0) is 83.5 Å². The van der Waals surface area contributed by atoms with Gasteiger partial charge >= 0.3 is 19.8 Å². The molecule has 0 aliphatic carbocycles. The monoisotopic (exact) mass is 839 g/mol. The Labute approximate surface area is 352 Å². The summed E-state index contributed by atoms with van der Waals surface area (Å²) < 4.78 is 34.0. The second-order valence-corrected chi connectivity index (χ2v) is 17.1. The molecule has 0 amide bonds. The van der Waals surface area contributed by atoms with Crippen LogP contribution in [0.3, 0.4) is 0 Å². The number of phosphoric acid groups is 1. The van der Waals surface area contributed by atoms with Crippen LogP contribution in [0.1, 0.15) is 142 Å². The number of unbranched alkanes of at least 4 members (excludes halogenated alkanes) is 8. The Morgan fingerprint density at radius 1 is 0.621 bits per heavy atom. The molecule has 0 bridgehead atoms. The number of hydrogen-bond acceptors (Lipinski definition) is 9. The number of carbonyl (C=O) groups is 2. The molecule has 58 heavy (non-hydrogen) atoms. The SMILES string of the molecule is CC/C=C\C/C=C\C/C=C\CCCCCCCC(=O)OC[C@H](COP(=O)(O)OCC[N+](C)(C)C)OC(=O)CCCC(O)C(O)C/C=C\C/C=C\C/C=C\CCCCC. The molecule has 0 spiro atoms. The van der Waals surface area contributed by atoms with Gasteiger partial charge in [0.1, 0.15) is 19.8 Å². The summed E-state index contributed by atoms with van der Waals surface area (Å²) in [4.78, 5) is 35.4. The highest BCUT2D eigenvalue weighted by atomic mass is 31.2. The van der Waals surface area contributed by atoms with E-state index in [9.17, 15) is 29.3 Å². The molecular formula is C46H81NO10P+. The number of quaternary nitrogens is 1. The lowest BCUT2D eigenvalue weighted by Gasteiger charge is -2.24. The molecule has 3 N–H and O–H groups in total. The summed E-state index contributed by atoms with van der Waals surface area (Å²) in [6.07, 6.45) is 38.4. The first-order valence-electron chi connectivity index (χ1n) is 21.8. The Morgan fingerprint density at radius 2 is 1.16 bits per heavy atom. The average Bonchev–Trinajstić information content (AvgIpc) is 3.17. The number of rotatable bonds is 38. The van der Waals surface area contributed by atoms with Crippen LogP contribution >= 0.6 is 7.82 Å². The highest BCUT2D eigenvalue weighted by molar-refractivity contribution is 7.47. The summed E-state index contributed by atoms with van der Waals surface area (Å²) in [5.74, 6) is -1.11. The van der Waals surface area contributed by atoms with E-state index in [1.807, 2.05) is 33.3 Å². The first kappa shape index (κ1) is 55.4. The van der Waals surface area contributed by atoms with Crippen molar-refractivity contribution in [1.29, 1.82) is 0 Å². The normalized spacial score (nSPS) is 15.4. The van der Waals surface area contributed by atoms with E-state index in [0.717, 1.165) is 70.6 Å². The third-order valence-corrected chi connectivity index (χ3v) is 9.91. The number of nitrogens with zero attached hydrogens (tertiary/aromatic N) is 1. The quantitative estimate of drug-likeness (QED) is 0.0180. The number of hydrogen-bond donors (Lipinski definition) is 3. The second kappa shape index (κ2) is 37.4. The van der Waals surface area contributed by atoms with Gasteiger partial charge in [-0.3, -0.25) is 18.6 Å². The smallest absolute Gasteiger partial charge is 0.462 e. The van der Waals surface area contributed by atoms with E-state index in [4.69, 9.17) is 18.5 Å². The van der Waals surface area contributed by atoms with Gasteiger partial charge in [-0.1, -0.05) is 119 Å². The molecule has 11 nitrogen and oxygen atoms in total. The molecule has 4 atom stereocenters. The maximum Gasteiger partial charge on any atom is 0.472 e. The van der Waals surface area contributed by atoms with Crippen molar-refractivity contribution < 1.29 is 52.3 Å². The van der Waals surface area contributed by atoms with Crippen LogP contribution in [-0.2, 0) is 32.7 Å². The van der Waals surface area contributed by atoms with E-state index >= 15 is 0 Å². The van der Waals surface area contributed by atoms with E-state index < -0.39 is 44.7 Å². The molecule has 12 heteroatoms. The molecule has 0 aromatic heterocycles. The molecule has 3 unspecified atom stereocenters. The fourth-order valence-corrected chi connectivity index (χ4v) is 6.11. The number of aliphatic hydroxyl groups excluding tert-OH is 2. The van der Waals surface area contributed by atoms with Crippen molar-refractivity contribution in [3.63, 3.8) is 0 Å². The van der Waals surface area contributed by atoms with E-state index in [-0.39, 0.29) is 45.3 Å². The van der Waals surface area contributed by atoms with Crippen LogP contribution in [0.25, 0.3) is 0 Å². The van der Waals surface area contributed by atoms with E-state index in [1.165, 1.54) is 19.3 Å². The lowest BCUT2D eigenvalue weighted by Crippen LogP contribution is -2.37. The highest BCUT2D eigenvalue weighted by Crippen LogP contribution is 2.43. The molecule has 0 aliphatic rings. The minimum atomic E-state index is -4.46. The van der Waals surface area contributed by atoms with Gasteiger partial charge in [0, 0.05) is 12.8 Å². The summed E-state index contributed by atoms with van der Waals surface area (Å²) in [5.41, 5.74) is 0. The number of aliphatic hydroxyl groups is 2. The van der Waals surface area contributed by atoms with Gasteiger partial charge in [0.25, 0.3) is 0 Å². The zero-order chi connectivity index (χ0) is 43.2.